The first-order valence-electron chi connectivity index (χ1n) is 9.17. The fraction of sp³-hybridized carbons (Fsp3) is 0.286. The van der Waals surface area contributed by atoms with Crippen molar-refractivity contribution in [3.63, 3.8) is 0 Å². The molecule has 3 rings (SSSR count). The summed E-state index contributed by atoms with van der Waals surface area (Å²) >= 11 is 0. The molecule has 0 bridgehead atoms. The van der Waals surface area contributed by atoms with Gasteiger partial charge in [-0.1, -0.05) is 31.2 Å². The van der Waals surface area contributed by atoms with Crippen molar-refractivity contribution in [2.24, 2.45) is 0 Å². The van der Waals surface area contributed by atoms with Crippen LogP contribution >= 0.6 is 0 Å². The molecule has 148 valence electrons. The zero-order valence-corrected chi connectivity index (χ0v) is 17.0. The Kier molecular flexibility index (Phi) is 5.74. The molecule has 0 radical (unpaired) electrons. The van der Waals surface area contributed by atoms with Gasteiger partial charge in [-0.3, -0.25) is 9.52 Å². The van der Waals surface area contributed by atoms with Crippen molar-refractivity contribution in [2.75, 3.05) is 17.5 Å². The van der Waals surface area contributed by atoms with Crippen molar-refractivity contribution < 1.29 is 17.6 Å². The van der Waals surface area contributed by atoms with Crippen molar-refractivity contribution >= 4 is 32.6 Å². The number of nitrogens with one attached hydrogen (secondary N) is 1. The number of carbonyl (C=O) groups is 1. The van der Waals surface area contributed by atoms with Crippen LogP contribution in [0, 0.1) is 0 Å². The molecule has 2 aromatic carbocycles. The average molecular weight is 401 g/mol. The third kappa shape index (κ3) is 4.36. The lowest BCUT2D eigenvalue weighted by Crippen LogP contribution is -2.29. The molecule has 0 saturated heterocycles. The second-order valence-electron chi connectivity index (χ2n) is 6.78. The zero-order valence-electron chi connectivity index (χ0n) is 16.2. The van der Waals surface area contributed by atoms with E-state index >= 15 is 0 Å². The topological polar surface area (TPSA) is 79.6 Å². The number of para-hydroxylation sites is 1. The van der Waals surface area contributed by atoms with Crippen molar-refractivity contribution in [2.45, 2.75) is 26.3 Å². The molecule has 0 aliphatic carbocycles. The minimum Gasteiger partial charge on any atom is -0.459 e. The fourth-order valence-electron chi connectivity index (χ4n) is 2.99. The van der Waals surface area contributed by atoms with E-state index in [1.807, 2.05) is 37.3 Å². The van der Waals surface area contributed by atoms with E-state index < -0.39 is 10.0 Å². The highest BCUT2D eigenvalue weighted by Gasteiger charge is 2.22. The van der Waals surface area contributed by atoms with Crippen molar-refractivity contribution in [3.8, 4) is 0 Å². The molecule has 0 spiro atoms. The second kappa shape index (κ2) is 8.06. The number of rotatable bonds is 7. The predicted molar refractivity (Wildman–Crippen MR) is 111 cm³/mol. The Bertz CT molecular complexity index is 1060. The third-order valence-corrected chi connectivity index (χ3v) is 6.11. The highest BCUT2D eigenvalue weighted by Crippen LogP contribution is 2.27. The van der Waals surface area contributed by atoms with Crippen LogP contribution in [0.3, 0.4) is 0 Å². The van der Waals surface area contributed by atoms with Crippen molar-refractivity contribution in [1.29, 1.82) is 0 Å². The Morgan fingerprint density at radius 3 is 2.61 bits per heavy atom. The summed E-state index contributed by atoms with van der Waals surface area (Å²) in [5.74, 6) is 0.509. The molecular weight excluding hydrogens is 376 g/mol. The molecule has 1 atom stereocenters. The largest absolute Gasteiger partial charge is 0.459 e. The number of furan rings is 1. The summed E-state index contributed by atoms with van der Waals surface area (Å²) in [6.45, 7) is 3.69. The number of fused-ring (bicyclic) bond motifs is 1. The summed E-state index contributed by atoms with van der Waals surface area (Å²) in [7, 11) is -1.71. The third-order valence-electron chi connectivity index (χ3n) is 4.61. The van der Waals surface area contributed by atoms with Gasteiger partial charge in [0, 0.05) is 23.7 Å². The van der Waals surface area contributed by atoms with Crippen LogP contribution in [-0.4, -0.2) is 32.0 Å². The highest BCUT2D eigenvalue weighted by molar-refractivity contribution is 7.92. The first-order valence-corrected chi connectivity index (χ1v) is 10.8. The van der Waals surface area contributed by atoms with Gasteiger partial charge >= 0.3 is 0 Å². The molecule has 6 nitrogen and oxygen atoms in total. The van der Waals surface area contributed by atoms with Crippen molar-refractivity contribution in [1.82, 2.24) is 4.90 Å². The average Bonchev–Trinajstić information content (AvgIpc) is 3.10. The molecule has 1 unspecified atom stereocenters. The standard InChI is InChI=1S/C21H24N2O4S/c1-4-12-28(25,26)22-18-10-7-9-17(13-18)21(24)23(3)15(2)20-14-16-8-5-6-11-19(16)27-20/h5-11,13-15,22H,4,12H2,1-3H3. The van der Waals surface area contributed by atoms with Gasteiger partial charge in [0.1, 0.15) is 11.3 Å². The maximum atomic E-state index is 12.9. The summed E-state index contributed by atoms with van der Waals surface area (Å²) in [5.41, 5.74) is 1.56. The van der Waals surface area contributed by atoms with Gasteiger partial charge in [-0.15, -0.1) is 0 Å². The molecule has 1 aromatic heterocycles. The minimum absolute atomic E-state index is 0.0359. The van der Waals surface area contributed by atoms with Gasteiger partial charge in [0.2, 0.25) is 10.0 Å². The van der Waals surface area contributed by atoms with Crippen LogP contribution in [0.25, 0.3) is 11.0 Å². The number of anilines is 1. The van der Waals surface area contributed by atoms with E-state index in [0.717, 1.165) is 11.0 Å². The number of nitrogens with zero attached hydrogens (tertiary/aromatic N) is 1. The molecule has 7 heteroatoms. The number of hydrogen-bond donors (Lipinski definition) is 1. The molecule has 0 aliphatic rings. The van der Waals surface area contributed by atoms with Gasteiger partial charge in [-0.2, -0.15) is 0 Å². The molecule has 1 N–H and O–H groups in total. The van der Waals surface area contributed by atoms with Gasteiger partial charge in [-0.05, 0) is 43.7 Å². The zero-order chi connectivity index (χ0) is 20.3. The number of hydrogen-bond acceptors (Lipinski definition) is 4. The Hall–Kier alpha value is -2.80. The molecule has 0 aliphatic heterocycles. The molecule has 3 aromatic rings. The van der Waals surface area contributed by atoms with E-state index in [9.17, 15) is 13.2 Å². The number of benzene rings is 2. The van der Waals surface area contributed by atoms with Crippen LogP contribution < -0.4 is 4.72 Å². The van der Waals surface area contributed by atoms with Crippen LogP contribution in [0.1, 0.15) is 42.4 Å². The lowest BCUT2D eigenvalue weighted by atomic mass is 10.1. The normalized spacial score (nSPS) is 12.7. The first-order chi connectivity index (χ1) is 13.3. The summed E-state index contributed by atoms with van der Waals surface area (Å²) in [4.78, 5) is 14.5. The van der Waals surface area contributed by atoms with Gasteiger partial charge in [-0.25, -0.2) is 8.42 Å². The van der Waals surface area contributed by atoms with E-state index in [2.05, 4.69) is 4.72 Å². The van der Waals surface area contributed by atoms with E-state index in [4.69, 9.17) is 4.42 Å². The van der Waals surface area contributed by atoms with Crippen LogP contribution in [0.15, 0.2) is 59.0 Å². The number of amides is 1. The molecular formula is C21H24N2O4S. The van der Waals surface area contributed by atoms with Gasteiger partial charge in [0.15, 0.2) is 0 Å². The summed E-state index contributed by atoms with van der Waals surface area (Å²) in [6.07, 6.45) is 0.520. The Labute approximate surface area is 165 Å². The van der Waals surface area contributed by atoms with Gasteiger partial charge in [0.25, 0.3) is 5.91 Å². The SMILES string of the molecule is CCCS(=O)(=O)Nc1cccc(C(=O)N(C)C(C)c2cc3ccccc3o2)c1. The summed E-state index contributed by atoms with van der Waals surface area (Å²) in [6, 6.07) is 15.9. The molecule has 1 amide bonds. The quantitative estimate of drug-likeness (QED) is 0.637. The van der Waals surface area contributed by atoms with Crippen LogP contribution in [0.2, 0.25) is 0 Å². The van der Waals surface area contributed by atoms with E-state index in [1.54, 1.807) is 43.1 Å². The molecule has 28 heavy (non-hydrogen) atoms. The smallest absolute Gasteiger partial charge is 0.254 e. The lowest BCUT2D eigenvalue weighted by molar-refractivity contribution is 0.0727. The molecule has 0 saturated carbocycles. The van der Waals surface area contributed by atoms with Crippen molar-refractivity contribution in [3.05, 3.63) is 65.9 Å². The van der Waals surface area contributed by atoms with E-state index in [1.165, 1.54) is 0 Å². The van der Waals surface area contributed by atoms with Crippen LogP contribution in [0.4, 0.5) is 5.69 Å². The Morgan fingerprint density at radius 2 is 1.89 bits per heavy atom. The second-order valence-corrected chi connectivity index (χ2v) is 8.62. The van der Waals surface area contributed by atoms with E-state index in [-0.39, 0.29) is 17.7 Å². The molecule has 1 heterocycles. The fourth-order valence-corrected chi connectivity index (χ4v) is 4.12. The predicted octanol–water partition coefficient (Wildman–Crippen LogP) is 4.42. The highest BCUT2D eigenvalue weighted by atomic mass is 32.2. The first kappa shape index (κ1) is 19.9. The maximum absolute atomic E-state index is 12.9. The minimum atomic E-state index is -3.41. The Balaban J connectivity index is 1.80. The monoisotopic (exact) mass is 400 g/mol. The molecule has 0 fully saturated rings. The summed E-state index contributed by atoms with van der Waals surface area (Å²) < 4.78 is 32.3. The summed E-state index contributed by atoms with van der Waals surface area (Å²) in [5, 5.41) is 0.984. The van der Waals surface area contributed by atoms with Gasteiger partial charge < -0.3 is 9.32 Å². The van der Waals surface area contributed by atoms with Crippen LogP contribution in [-0.2, 0) is 10.0 Å². The van der Waals surface area contributed by atoms with E-state index in [0.29, 0.717) is 23.4 Å². The maximum Gasteiger partial charge on any atom is 0.254 e. The lowest BCUT2D eigenvalue weighted by Gasteiger charge is -2.23. The van der Waals surface area contributed by atoms with Gasteiger partial charge in [0.05, 0.1) is 11.8 Å². The number of sulfonamides is 1. The number of carbonyl (C=O) groups excluding carboxylic acids is 1. The Morgan fingerprint density at radius 1 is 1.14 bits per heavy atom. The van der Waals surface area contributed by atoms with Crippen LogP contribution in [0.5, 0.6) is 0 Å².